The summed E-state index contributed by atoms with van der Waals surface area (Å²) in [7, 11) is 0. The maximum absolute atomic E-state index is 10.5. The minimum absolute atomic E-state index is 0.0274. The number of rotatable bonds is 2. The molecule has 1 aromatic rings. The molecule has 1 N–H and O–H groups in total. The largest absolute Gasteiger partial charge is 0.395 e. The van der Waals surface area contributed by atoms with Gasteiger partial charge in [0.05, 0.1) is 17.1 Å². The number of pyridine rings is 1. The summed E-state index contributed by atoms with van der Waals surface area (Å²) < 4.78 is 0. The normalized spacial score (nSPS) is 9.20. The van der Waals surface area contributed by atoms with Gasteiger partial charge in [0.2, 0.25) is 0 Å². The smallest absolute Gasteiger partial charge is 0.307 e. The molecule has 0 aliphatic heterocycles. The van der Waals surface area contributed by atoms with E-state index in [1.165, 1.54) is 6.20 Å². The molecule has 0 saturated carbocycles. The van der Waals surface area contributed by atoms with Crippen molar-refractivity contribution in [3.05, 3.63) is 33.1 Å². The van der Waals surface area contributed by atoms with Crippen LogP contribution in [0.5, 0.6) is 0 Å². The fourth-order valence-electron chi connectivity index (χ4n) is 0.862. The van der Waals surface area contributed by atoms with Gasteiger partial charge in [0.25, 0.3) is 0 Å². The van der Waals surface area contributed by atoms with Gasteiger partial charge in [-0.1, -0.05) is 23.4 Å². The molecule has 0 amide bonds. The van der Waals surface area contributed by atoms with Crippen LogP contribution in [0.25, 0.3) is 0 Å². The summed E-state index contributed by atoms with van der Waals surface area (Å²) in [5.74, 6) is 5.21. The third-order valence-corrected chi connectivity index (χ3v) is 1.92. The number of hydrogen-bond acceptors (Lipinski definition) is 4. The minimum Gasteiger partial charge on any atom is -0.395 e. The predicted octanol–water partition coefficient (Wildman–Crippen LogP) is 1.38. The molecule has 1 rings (SSSR count). The Morgan fingerprint density at radius 3 is 2.93 bits per heavy atom. The molecule has 0 radical (unpaired) electrons. The SMILES string of the molecule is O=[N+]([O-])c1cncc(C#CCCO)c1Cl. The van der Waals surface area contributed by atoms with Crippen molar-refractivity contribution in [3.63, 3.8) is 0 Å². The fourth-order valence-corrected chi connectivity index (χ4v) is 1.08. The lowest BCUT2D eigenvalue weighted by Gasteiger charge is -1.95. The molecular formula is C9H7ClN2O3. The standard InChI is InChI=1S/C9H7ClN2O3/c10-9-7(3-1-2-4-13)5-11-6-8(9)12(14)15/h5-6,13H,2,4H2. The van der Waals surface area contributed by atoms with Crippen molar-refractivity contribution in [1.29, 1.82) is 0 Å². The number of halogens is 1. The van der Waals surface area contributed by atoms with Crippen molar-refractivity contribution in [1.82, 2.24) is 4.98 Å². The molecule has 0 aliphatic rings. The first-order valence-electron chi connectivity index (χ1n) is 4.04. The van der Waals surface area contributed by atoms with Crippen molar-refractivity contribution in [2.45, 2.75) is 6.42 Å². The van der Waals surface area contributed by atoms with E-state index in [0.717, 1.165) is 6.20 Å². The maximum Gasteiger partial charge on any atom is 0.307 e. The van der Waals surface area contributed by atoms with Gasteiger partial charge in [0.1, 0.15) is 11.2 Å². The number of aliphatic hydroxyl groups is 1. The fraction of sp³-hybridized carbons (Fsp3) is 0.222. The Morgan fingerprint density at radius 1 is 1.60 bits per heavy atom. The monoisotopic (exact) mass is 226 g/mol. The molecule has 78 valence electrons. The molecule has 0 fully saturated rings. The van der Waals surface area contributed by atoms with Crippen LogP contribution in [0, 0.1) is 22.0 Å². The molecule has 0 bridgehead atoms. The van der Waals surface area contributed by atoms with Crippen molar-refractivity contribution in [3.8, 4) is 11.8 Å². The summed E-state index contributed by atoms with van der Waals surface area (Å²) in [6, 6.07) is 0. The summed E-state index contributed by atoms with van der Waals surface area (Å²) in [5.41, 5.74) is 0.0202. The van der Waals surface area contributed by atoms with E-state index >= 15 is 0 Å². The van der Waals surface area contributed by atoms with Crippen LogP contribution < -0.4 is 0 Å². The Bertz CT molecular complexity index is 437. The third kappa shape index (κ3) is 2.91. The number of aliphatic hydroxyl groups excluding tert-OH is 1. The van der Waals surface area contributed by atoms with E-state index < -0.39 is 4.92 Å². The summed E-state index contributed by atoms with van der Waals surface area (Å²) in [6.45, 7) is -0.0625. The van der Waals surface area contributed by atoms with Gasteiger partial charge < -0.3 is 5.11 Å². The summed E-state index contributed by atoms with van der Waals surface area (Å²) in [4.78, 5) is 13.5. The molecule has 0 aliphatic carbocycles. The molecule has 0 saturated heterocycles. The molecular weight excluding hydrogens is 220 g/mol. The van der Waals surface area contributed by atoms with E-state index in [-0.39, 0.29) is 17.3 Å². The van der Waals surface area contributed by atoms with Crippen molar-refractivity contribution in [2.24, 2.45) is 0 Å². The molecule has 5 nitrogen and oxygen atoms in total. The first-order chi connectivity index (χ1) is 7.16. The highest BCUT2D eigenvalue weighted by atomic mass is 35.5. The van der Waals surface area contributed by atoms with Crippen LogP contribution in [-0.2, 0) is 0 Å². The molecule has 1 aromatic heterocycles. The van der Waals surface area contributed by atoms with Gasteiger partial charge in [0, 0.05) is 12.6 Å². The summed E-state index contributed by atoms with van der Waals surface area (Å²) >= 11 is 5.74. The van der Waals surface area contributed by atoms with Crippen LogP contribution in [0.2, 0.25) is 5.02 Å². The van der Waals surface area contributed by atoms with Crippen molar-refractivity contribution in [2.75, 3.05) is 6.61 Å². The first-order valence-corrected chi connectivity index (χ1v) is 4.42. The number of nitrogens with zero attached hydrogens (tertiary/aromatic N) is 2. The third-order valence-electron chi connectivity index (χ3n) is 1.52. The second kappa shape index (κ2) is 5.29. The Hall–Kier alpha value is -1.64. The predicted molar refractivity (Wildman–Crippen MR) is 54.5 cm³/mol. The zero-order chi connectivity index (χ0) is 11.3. The topological polar surface area (TPSA) is 76.3 Å². The summed E-state index contributed by atoms with van der Waals surface area (Å²) in [6.07, 6.45) is 2.71. The average molecular weight is 227 g/mol. The number of nitro groups is 1. The van der Waals surface area contributed by atoms with Crippen LogP contribution in [0.3, 0.4) is 0 Å². The van der Waals surface area contributed by atoms with E-state index in [2.05, 4.69) is 16.8 Å². The minimum atomic E-state index is -0.618. The Labute approximate surface area is 90.9 Å². The van der Waals surface area contributed by atoms with Crippen LogP contribution in [-0.4, -0.2) is 21.6 Å². The van der Waals surface area contributed by atoms with Gasteiger partial charge in [-0.3, -0.25) is 15.1 Å². The molecule has 1 heterocycles. The lowest BCUT2D eigenvalue weighted by Crippen LogP contribution is -1.92. The molecule has 0 spiro atoms. The van der Waals surface area contributed by atoms with Gasteiger partial charge in [-0.15, -0.1) is 0 Å². The van der Waals surface area contributed by atoms with E-state index in [4.69, 9.17) is 16.7 Å². The number of hydrogen-bond donors (Lipinski definition) is 1. The molecule has 0 aromatic carbocycles. The van der Waals surface area contributed by atoms with Gasteiger partial charge in [-0.2, -0.15) is 0 Å². The molecule has 0 unspecified atom stereocenters. The van der Waals surface area contributed by atoms with Crippen molar-refractivity contribution < 1.29 is 10.0 Å². The first kappa shape index (κ1) is 11.4. The molecule has 0 atom stereocenters. The molecule has 15 heavy (non-hydrogen) atoms. The van der Waals surface area contributed by atoms with Gasteiger partial charge in [-0.25, -0.2) is 0 Å². The Morgan fingerprint density at radius 2 is 2.33 bits per heavy atom. The number of aromatic nitrogens is 1. The van der Waals surface area contributed by atoms with Gasteiger partial charge in [-0.05, 0) is 0 Å². The maximum atomic E-state index is 10.5. The quantitative estimate of drug-likeness (QED) is 0.470. The van der Waals surface area contributed by atoms with Crippen LogP contribution in [0.4, 0.5) is 5.69 Å². The summed E-state index contributed by atoms with van der Waals surface area (Å²) in [5, 5.41) is 19.0. The van der Waals surface area contributed by atoms with Crippen LogP contribution >= 0.6 is 11.6 Å². The van der Waals surface area contributed by atoms with E-state index in [1.807, 2.05) is 0 Å². The second-order valence-corrected chi connectivity index (χ2v) is 2.93. The lowest BCUT2D eigenvalue weighted by molar-refractivity contribution is -0.385. The Kier molecular flexibility index (Phi) is 4.03. The highest BCUT2D eigenvalue weighted by Crippen LogP contribution is 2.25. The van der Waals surface area contributed by atoms with Crippen molar-refractivity contribution >= 4 is 17.3 Å². The van der Waals surface area contributed by atoms with Crippen LogP contribution in [0.1, 0.15) is 12.0 Å². The second-order valence-electron chi connectivity index (χ2n) is 2.55. The molecule has 6 heteroatoms. The average Bonchev–Trinajstić information content (AvgIpc) is 2.20. The highest BCUT2D eigenvalue weighted by Gasteiger charge is 2.14. The van der Waals surface area contributed by atoms with E-state index in [1.54, 1.807) is 0 Å². The van der Waals surface area contributed by atoms with Crippen LogP contribution in [0.15, 0.2) is 12.4 Å². The van der Waals surface area contributed by atoms with E-state index in [9.17, 15) is 10.1 Å². The van der Waals surface area contributed by atoms with Gasteiger partial charge >= 0.3 is 5.69 Å². The zero-order valence-corrected chi connectivity index (χ0v) is 8.36. The lowest BCUT2D eigenvalue weighted by atomic mass is 10.2. The zero-order valence-electron chi connectivity index (χ0n) is 7.61. The van der Waals surface area contributed by atoms with Gasteiger partial charge in [0.15, 0.2) is 0 Å². The Balaban J connectivity index is 3.06. The highest BCUT2D eigenvalue weighted by molar-refractivity contribution is 6.33. The van der Waals surface area contributed by atoms with E-state index in [0.29, 0.717) is 12.0 Å².